The highest BCUT2D eigenvalue weighted by atomic mass is 35.5. The molecule has 1 saturated heterocycles. The van der Waals surface area contributed by atoms with Gasteiger partial charge in [-0.05, 0) is 36.6 Å². The number of amides is 1. The second-order valence-electron chi connectivity index (χ2n) is 8.18. The molecule has 0 atom stereocenters. The van der Waals surface area contributed by atoms with E-state index in [1.54, 1.807) is 11.0 Å². The fraction of sp³-hybridized carbons (Fsp3) is 0.364. The molecule has 0 bridgehead atoms. The summed E-state index contributed by atoms with van der Waals surface area (Å²) < 4.78 is 93.9. The maximum Gasteiger partial charge on any atom is 0.471 e. The van der Waals surface area contributed by atoms with Gasteiger partial charge in [-0.1, -0.05) is 17.7 Å². The van der Waals surface area contributed by atoms with Crippen molar-refractivity contribution in [2.75, 3.05) is 18.0 Å². The van der Waals surface area contributed by atoms with Crippen LogP contribution in [0, 0.1) is 5.82 Å². The number of alkyl halides is 6. The van der Waals surface area contributed by atoms with E-state index < -0.39 is 47.8 Å². The van der Waals surface area contributed by atoms with Gasteiger partial charge in [-0.25, -0.2) is 4.39 Å². The summed E-state index contributed by atoms with van der Waals surface area (Å²) in [6, 6.07) is 2.26. The zero-order chi connectivity index (χ0) is 26.3. The number of rotatable bonds is 4. The molecule has 0 aliphatic carbocycles. The van der Waals surface area contributed by atoms with E-state index in [2.05, 4.69) is 15.2 Å². The molecule has 0 saturated carbocycles. The number of halogens is 8. The van der Waals surface area contributed by atoms with Gasteiger partial charge in [0, 0.05) is 48.8 Å². The number of carbonyl (C=O) groups is 1. The van der Waals surface area contributed by atoms with Crippen LogP contribution in [0.25, 0.3) is 10.8 Å². The molecule has 2 aromatic heterocycles. The summed E-state index contributed by atoms with van der Waals surface area (Å²) in [6.07, 6.45) is -7.27. The molecule has 1 aromatic carbocycles. The number of carbonyl (C=O) groups excluding carboxylic acids is 1. The van der Waals surface area contributed by atoms with Crippen molar-refractivity contribution in [2.24, 2.45) is 0 Å². The fourth-order valence-corrected chi connectivity index (χ4v) is 4.44. The lowest BCUT2D eigenvalue weighted by molar-refractivity contribution is -0.189. The maximum atomic E-state index is 13.5. The first-order chi connectivity index (χ1) is 16.9. The molecule has 4 rings (SSSR count). The van der Waals surface area contributed by atoms with E-state index in [9.17, 15) is 35.5 Å². The van der Waals surface area contributed by atoms with E-state index in [1.165, 1.54) is 12.4 Å². The standard InChI is InChI=1S/C22H17ClF7N5O/c23-18-15-3-6-31-10-16(15)19(33-32-18)34-7-4-14(5-8-34)35(20(36)22(28,29)30)11-12-1-2-13(24)9-17(12)21(25,26)27/h1-3,6,9-10,14H,4-5,7-8,11H2. The second-order valence-corrected chi connectivity index (χ2v) is 8.54. The normalized spacial score (nSPS) is 15.4. The Morgan fingerprint density at radius 1 is 1.06 bits per heavy atom. The zero-order valence-corrected chi connectivity index (χ0v) is 19.0. The molecule has 0 unspecified atom stereocenters. The number of nitrogens with zero attached hydrogens (tertiary/aromatic N) is 5. The van der Waals surface area contributed by atoms with Crippen molar-refractivity contribution < 1.29 is 35.5 Å². The molecule has 36 heavy (non-hydrogen) atoms. The number of piperidine rings is 1. The monoisotopic (exact) mass is 535 g/mol. The minimum absolute atomic E-state index is 0.0103. The molecular formula is C22H17ClF7N5O. The largest absolute Gasteiger partial charge is 0.471 e. The van der Waals surface area contributed by atoms with Crippen LogP contribution in [0.1, 0.15) is 24.0 Å². The SMILES string of the molecule is O=C(N(Cc1ccc(F)cc1C(F)(F)F)C1CCN(c2nnc(Cl)c3ccncc23)CC1)C(F)(F)F. The summed E-state index contributed by atoms with van der Waals surface area (Å²) in [7, 11) is 0. The minimum atomic E-state index is -5.31. The average Bonchev–Trinajstić information content (AvgIpc) is 2.82. The van der Waals surface area contributed by atoms with Crippen LogP contribution in [0.2, 0.25) is 5.15 Å². The first kappa shape index (κ1) is 25.9. The van der Waals surface area contributed by atoms with Gasteiger partial charge >= 0.3 is 18.3 Å². The van der Waals surface area contributed by atoms with Crippen molar-refractivity contribution in [1.29, 1.82) is 0 Å². The summed E-state index contributed by atoms with van der Waals surface area (Å²) in [6.45, 7) is -0.698. The third-order valence-corrected chi connectivity index (χ3v) is 6.22. The summed E-state index contributed by atoms with van der Waals surface area (Å²) in [5.74, 6) is -3.06. The zero-order valence-electron chi connectivity index (χ0n) is 18.2. The number of hydrogen-bond acceptors (Lipinski definition) is 5. The highest BCUT2D eigenvalue weighted by Gasteiger charge is 2.46. The van der Waals surface area contributed by atoms with Crippen LogP contribution in [0.4, 0.5) is 36.6 Å². The van der Waals surface area contributed by atoms with Crippen molar-refractivity contribution >= 4 is 34.1 Å². The Labute approximate surface area is 204 Å². The Balaban J connectivity index is 1.60. The van der Waals surface area contributed by atoms with Gasteiger partial charge in [0.2, 0.25) is 0 Å². The minimum Gasteiger partial charge on any atom is -0.354 e. The predicted octanol–water partition coefficient (Wildman–Crippen LogP) is 5.40. The topological polar surface area (TPSA) is 62.2 Å². The van der Waals surface area contributed by atoms with E-state index in [1.807, 2.05) is 0 Å². The van der Waals surface area contributed by atoms with Gasteiger partial charge in [-0.15, -0.1) is 10.2 Å². The van der Waals surface area contributed by atoms with Crippen molar-refractivity contribution in [1.82, 2.24) is 20.1 Å². The Morgan fingerprint density at radius 3 is 2.39 bits per heavy atom. The van der Waals surface area contributed by atoms with Gasteiger partial charge < -0.3 is 9.80 Å². The van der Waals surface area contributed by atoms with E-state index in [4.69, 9.17) is 11.6 Å². The van der Waals surface area contributed by atoms with Crippen LogP contribution in [-0.4, -0.2) is 51.3 Å². The molecule has 0 radical (unpaired) electrons. The van der Waals surface area contributed by atoms with Crippen LogP contribution in [-0.2, 0) is 17.5 Å². The third-order valence-electron chi connectivity index (χ3n) is 5.94. The van der Waals surface area contributed by atoms with E-state index in [-0.39, 0.29) is 37.2 Å². The molecule has 1 fully saturated rings. The Kier molecular flexibility index (Phi) is 6.95. The first-order valence-electron chi connectivity index (χ1n) is 10.6. The van der Waals surface area contributed by atoms with Crippen LogP contribution in [0.15, 0.2) is 36.7 Å². The van der Waals surface area contributed by atoms with E-state index in [0.29, 0.717) is 27.6 Å². The molecule has 1 aliphatic heterocycles. The molecule has 6 nitrogen and oxygen atoms in total. The van der Waals surface area contributed by atoms with Gasteiger partial charge in [0.25, 0.3) is 0 Å². The molecule has 0 spiro atoms. The molecule has 14 heteroatoms. The Bertz CT molecular complexity index is 1280. The highest BCUT2D eigenvalue weighted by Crippen LogP contribution is 2.35. The first-order valence-corrected chi connectivity index (χ1v) is 11.0. The van der Waals surface area contributed by atoms with Crippen LogP contribution in [0.3, 0.4) is 0 Å². The van der Waals surface area contributed by atoms with Gasteiger partial charge in [0.15, 0.2) is 11.0 Å². The Morgan fingerprint density at radius 2 is 1.75 bits per heavy atom. The third kappa shape index (κ3) is 5.30. The number of anilines is 1. The highest BCUT2D eigenvalue weighted by molar-refractivity contribution is 6.34. The van der Waals surface area contributed by atoms with Gasteiger partial charge in [0.05, 0.1) is 5.56 Å². The molecule has 3 heterocycles. The Hall–Kier alpha value is -3.22. The number of hydrogen-bond donors (Lipinski definition) is 0. The lowest BCUT2D eigenvalue weighted by atomic mass is 9.99. The molecular weight excluding hydrogens is 519 g/mol. The molecule has 1 aliphatic rings. The predicted molar refractivity (Wildman–Crippen MR) is 116 cm³/mol. The smallest absolute Gasteiger partial charge is 0.354 e. The molecule has 3 aromatic rings. The van der Waals surface area contributed by atoms with Crippen molar-refractivity contribution in [3.63, 3.8) is 0 Å². The lowest BCUT2D eigenvalue weighted by Crippen LogP contribution is -2.51. The molecule has 192 valence electrons. The number of pyridine rings is 1. The van der Waals surface area contributed by atoms with Crippen molar-refractivity contribution in [3.05, 3.63) is 58.8 Å². The number of aromatic nitrogens is 3. The summed E-state index contributed by atoms with van der Waals surface area (Å²) >= 11 is 6.07. The summed E-state index contributed by atoms with van der Waals surface area (Å²) in [4.78, 5) is 18.4. The van der Waals surface area contributed by atoms with E-state index in [0.717, 1.165) is 6.07 Å². The van der Waals surface area contributed by atoms with Crippen LogP contribution in [0.5, 0.6) is 0 Å². The van der Waals surface area contributed by atoms with Gasteiger partial charge in [-0.2, -0.15) is 26.3 Å². The van der Waals surface area contributed by atoms with Crippen molar-refractivity contribution in [3.8, 4) is 0 Å². The number of benzene rings is 1. The average molecular weight is 536 g/mol. The van der Waals surface area contributed by atoms with Gasteiger partial charge in [0.1, 0.15) is 5.82 Å². The van der Waals surface area contributed by atoms with Crippen LogP contribution < -0.4 is 4.90 Å². The van der Waals surface area contributed by atoms with Gasteiger partial charge in [-0.3, -0.25) is 9.78 Å². The maximum absolute atomic E-state index is 13.5. The number of fused-ring (bicyclic) bond motifs is 1. The summed E-state index contributed by atoms with van der Waals surface area (Å²) in [5.41, 5.74) is -2.07. The molecule has 1 amide bonds. The molecule has 0 N–H and O–H groups in total. The van der Waals surface area contributed by atoms with Crippen molar-refractivity contribution in [2.45, 2.75) is 37.8 Å². The van der Waals surface area contributed by atoms with Crippen LogP contribution >= 0.6 is 11.6 Å². The van der Waals surface area contributed by atoms with E-state index >= 15 is 0 Å². The summed E-state index contributed by atoms with van der Waals surface area (Å²) in [5, 5.41) is 9.25. The second kappa shape index (κ2) is 9.68. The lowest BCUT2D eigenvalue weighted by Gasteiger charge is -2.39. The fourth-order valence-electron chi connectivity index (χ4n) is 4.24. The quantitative estimate of drug-likeness (QED) is 0.419.